The van der Waals surface area contributed by atoms with Crippen LogP contribution in [0, 0.1) is 10.1 Å². The second-order valence-corrected chi connectivity index (χ2v) is 4.76. The van der Waals surface area contributed by atoms with Gasteiger partial charge in [-0.05, 0) is 6.07 Å². The standard InChI is InChI=1S/C9H12N2O3S/c12-11(13)9-2-1-8(14-9)7-10-3-5-15-6-4-10/h1-2H,3-7H2/p+1. The van der Waals surface area contributed by atoms with Gasteiger partial charge in [0.25, 0.3) is 0 Å². The number of thioether (sulfide) groups is 1. The summed E-state index contributed by atoms with van der Waals surface area (Å²) in [5, 5.41) is 10.4. The van der Waals surface area contributed by atoms with Crippen molar-refractivity contribution in [3.63, 3.8) is 0 Å². The second kappa shape index (κ2) is 4.67. The molecule has 0 bridgehead atoms. The highest BCUT2D eigenvalue weighted by atomic mass is 32.2. The van der Waals surface area contributed by atoms with E-state index in [0.29, 0.717) is 5.76 Å². The van der Waals surface area contributed by atoms with Crippen molar-refractivity contribution in [1.82, 2.24) is 0 Å². The van der Waals surface area contributed by atoms with Gasteiger partial charge in [-0.15, -0.1) is 0 Å². The third kappa shape index (κ3) is 2.73. The highest BCUT2D eigenvalue weighted by molar-refractivity contribution is 7.99. The van der Waals surface area contributed by atoms with Crippen LogP contribution in [0.2, 0.25) is 0 Å². The Morgan fingerprint density at radius 3 is 2.80 bits per heavy atom. The molecule has 0 spiro atoms. The fourth-order valence-corrected chi connectivity index (χ4v) is 2.71. The average Bonchev–Trinajstić information content (AvgIpc) is 2.68. The molecule has 0 unspecified atom stereocenters. The summed E-state index contributed by atoms with van der Waals surface area (Å²) in [6, 6.07) is 3.13. The Bertz CT molecular complexity index is 347. The van der Waals surface area contributed by atoms with Crippen LogP contribution in [0.3, 0.4) is 0 Å². The van der Waals surface area contributed by atoms with Gasteiger partial charge in [0.05, 0.1) is 19.2 Å². The average molecular weight is 229 g/mol. The zero-order chi connectivity index (χ0) is 10.7. The van der Waals surface area contributed by atoms with Crippen molar-refractivity contribution in [1.29, 1.82) is 0 Å². The quantitative estimate of drug-likeness (QED) is 0.599. The van der Waals surface area contributed by atoms with E-state index in [9.17, 15) is 10.1 Å². The smallest absolute Gasteiger partial charge is 0.400 e. The van der Waals surface area contributed by atoms with Crippen LogP contribution in [0.15, 0.2) is 16.5 Å². The van der Waals surface area contributed by atoms with Gasteiger partial charge in [-0.3, -0.25) is 10.1 Å². The molecule has 1 fully saturated rings. The van der Waals surface area contributed by atoms with Crippen molar-refractivity contribution in [2.24, 2.45) is 0 Å². The number of furan rings is 1. The SMILES string of the molecule is O=[N+]([O-])c1ccc(C[NH+]2CCSCC2)o1. The van der Waals surface area contributed by atoms with E-state index in [1.165, 1.54) is 11.0 Å². The van der Waals surface area contributed by atoms with Gasteiger partial charge in [-0.1, -0.05) is 0 Å². The van der Waals surface area contributed by atoms with Gasteiger partial charge in [0, 0.05) is 11.5 Å². The molecular formula is C9H13N2O3S+. The summed E-state index contributed by atoms with van der Waals surface area (Å²) in [6.07, 6.45) is 0. The van der Waals surface area contributed by atoms with Gasteiger partial charge < -0.3 is 9.32 Å². The molecule has 1 saturated heterocycles. The molecule has 82 valence electrons. The Labute approximate surface area is 91.6 Å². The molecule has 0 amide bonds. The number of hydrogen-bond acceptors (Lipinski definition) is 4. The highest BCUT2D eigenvalue weighted by Crippen LogP contribution is 2.14. The maximum atomic E-state index is 10.4. The van der Waals surface area contributed by atoms with Crippen molar-refractivity contribution in [2.75, 3.05) is 24.6 Å². The van der Waals surface area contributed by atoms with Crippen LogP contribution in [-0.4, -0.2) is 29.5 Å². The predicted molar refractivity (Wildman–Crippen MR) is 57.1 cm³/mol. The van der Waals surface area contributed by atoms with Gasteiger partial charge in [0.2, 0.25) is 0 Å². The molecule has 0 atom stereocenters. The van der Waals surface area contributed by atoms with Crippen LogP contribution in [0.5, 0.6) is 0 Å². The summed E-state index contributed by atoms with van der Waals surface area (Å²) in [5.74, 6) is 2.88. The molecular weight excluding hydrogens is 216 g/mol. The molecule has 0 aliphatic carbocycles. The lowest BCUT2D eigenvalue weighted by atomic mass is 10.4. The lowest BCUT2D eigenvalue weighted by molar-refractivity contribution is -0.911. The molecule has 1 aromatic rings. The summed E-state index contributed by atoms with van der Waals surface area (Å²) < 4.78 is 5.12. The summed E-state index contributed by atoms with van der Waals surface area (Å²) in [4.78, 5) is 11.4. The van der Waals surface area contributed by atoms with Gasteiger partial charge in [-0.25, -0.2) is 0 Å². The molecule has 2 heterocycles. The third-order valence-electron chi connectivity index (χ3n) is 2.45. The molecule has 6 heteroatoms. The normalized spacial score (nSPS) is 17.9. The largest absolute Gasteiger partial charge is 0.433 e. The van der Waals surface area contributed by atoms with Gasteiger partial charge in [0.1, 0.15) is 11.5 Å². The van der Waals surface area contributed by atoms with Gasteiger partial charge in [-0.2, -0.15) is 11.8 Å². The number of rotatable bonds is 3. The first kappa shape index (κ1) is 10.5. The first-order valence-electron chi connectivity index (χ1n) is 4.90. The van der Waals surface area contributed by atoms with E-state index in [4.69, 9.17) is 4.42 Å². The molecule has 1 N–H and O–H groups in total. The summed E-state index contributed by atoms with van der Waals surface area (Å²) in [5.41, 5.74) is 0. The van der Waals surface area contributed by atoms with E-state index >= 15 is 0 Å². The summed E-state index contributed by atoms with van der Waals surface area (Å²) in [7, 11) is 0. The number of quaternary nitrogens is 1. The lowest BCUT2D eigenvalue weighted by Gasteiger charge is -2.21. The van der Waals surface area contributed by atoms with E-state index in [0.717, 1.165) is 31.1 Å². The van der Waals surface area contributed by atoms with Crippen LogP contribution < -0.4 is 4.90 Å². The van der Waals surface area contributed by atoms with Crippen molar-refractivity contribution in [3.8, 4) is 0 Å². The van der Waals surface area contributed by atoms with E-state index in [-0.39, 0.29) is 5.88 Å². The molecule has 1 aliphatic heterocycles. The predicted octanol–water partition coefficient (Wildman–Crippen LogP) is 0.319. The number of hydrogen-bond donors (Lipinski definition) is 1. The maximum Gasteiger partial charge on any atom is 0.433 e. The zero-order valence-corrected chi connectivity index (χ0v) is 9.09. The molecule has 1 aliphatic rings. The lowest BCUT2D eigenvalue weighted by Crippen LogP contribution is -3.12. The number of nitrogens with one attached hydrogen (secondary N) is 1. The second-order valence-electron chi connectivity index (χ2n) is 3.54. The monoisotopic (exact) mass is 229 g/mol. The highest BCUT2D eigenvalue weighted by Gasteiger charge is 2.18. The van der Waals surface area contributed by atoms with Crippen LogP contribution in [-0.2, 0) is 6.54 Å². The Kier molecular flexibility index (Phi) is 3.27. The Balaban J connectivity index is 1.94. The fraction of sp³-hybridized carbons (Fsp3) is 0.556. The van der Waals surface area contributed by atoms with Crippen molar-refractivity contribution in [3.05, 3.63) is 28.0 Å². The zero-order valence-electron chi connectivity index (χ0n) is 8.27. The Morgan fingerprint density at radius 1 is 1.47 bits per heavy atom. The Morgan fingerprint density at radius 2 is 2.20 bits per heavy atom. The molecule has 0 aromatic carbocycles. The first-order chi connectivity index (χ1) is 7.25. The first-order valence-corrected chi connectivity index (χ1v) is 6.05. The van der Waals surface area contributed by atoms with Crippen LogP contribution >= 0.6 is 11.8 Å². The van der Waals surface area contributed by atoms with Crippen LogP contribution in [0.25, 0.3) is 0 Å². The molecule has 0 saturated carbocycles. The van der Waals surface area contributed by atoms with Crippen LogP contribution in [0.4, 0.5) is 5.88 Å². The minimum atomic E-state index is -0.495. The summed E-state index contributed by atoms with van der Waals surface area (Å²) >= 11 is 1.96. The molecule has 0 radical (unpaired) electrons. The van der Waals surface area contributed by atoms with Crippen molar-refractivity contribution < 1.29 is 14.2 Å². The van der Waals surface area contributed by atoms with Crippen LogP contribution in [0.1, 0.15) is 5.76 Å². The fourth-order valence-electron chi connectivity index (χ4n) is 1.64. The third-order valence-corrected chi connectivity index (χ3v) is 3.44. The summed E-state index contributed by atoms with van der Waals surface area (Å²) in [6.45, 7) is 2.98. The minimum absolute atomic E-state index is 0.157. The molecule has 15 heavy (non-hydrogen) atoms. The van der Waals surface area contributed by atoms with Crippen molar-refractivity contribution >= 4 is 17.6 Å². The number of nitrogens with zero attached hydrogens (tertiary/aromatic N) is 1. The van der Waals surface area contributed by atoms with Gasteiger partial charge >= 0.3 is 5.88 Å². The molecule has 1 aromatic heterocycles. The maximum absolute atomic E-state index is 10.4. The van der Waals surface area contributed by atoms with E-state index in [2.05, 4.69) is 0 Å². The molecule has 5 nitrogen and oxygen atoms in total. The number of nitro groups is 1. The minimum Gasteiger partial charge on any atom is -0.400 e. The van der Waals surface area contributed by atoms with Gasteiger partial charge in [0.15, 0.2) is 5.76 Å². The Hall–Kier alpha value is -1.01. The van der Waals surface area contributed by atoms with E-state index in [1.54, 1.807) is 6.07 Å². The van der Waals surface area contributed by atoms with E-state index < -0.39 is 4.92 Å². The van der Waals surface area contributed by atoms with E-state index in [1.807, 2.05) is 11.8 Å². The van der Waals surface area contributed by atoms with Crippen molar-refractivity contribution in [2.45, 2.75) is 6.54 Å². The topological polar surface area (TPSA) is 60.7 Å². The molecule has 2 rings (SSSR count).